The molecule has 0 aliphatic carbocycles. The first-order chi connectivity index (χ1) is 9.47. The molecule has 1 amide bonds. The molecule has 6 heteroatoms. The van der Waals surface area contributed by atoms with Crippen LogP contribution in [0.5, 0.6) is 0 Å². The molecule has 0 unspecified atom stereocenters. The molecule has 0 aliphatic heterocycles. The Labute approximate surface area is 113 Å². The molecule has 0 fully saturated rings. The van der Waals surface area contributed by atoms with Crippen LogP contribution in [0.2, 0.25) is 0 Å². The second-order valence-corrected chi connectivity index (χ2v) is 4.07. The number of nitrogens with one attached hydrogen (secondary N) is 1. The van der Waals surface area contributed by atoms with Gasteiger partial charge in [0, 0.05) is 11.3 Å². The van der Waals surface area contributed by atoms with E-state index in [1.54, 1.807) is 12.1 Å². The van der Waals surface area contributed by atoms with Crippen molar-refractivity contribution >= 4 is 23.3 Å². The highest BCUT2D eigenvalue weighted by molar-refractivity contribution is 6.07. The molecule has 0 atom stereocenters. The monoisotopic (exact) mass is 274 g/mol. The van der Waals surface area contributed by atoms with Crippen molar-refractivity contribution in [3.05, 3.63) is 59.4 Å². The summed E-state index contributed by atoms with van der Waals surface area (Å²) in [5.74, 6) is -2.43. The van der Waals surface area contributed by atoms with Gasteiger partial charge in [0.15, 0.2) is 0 Å². The Morgan fingerprint density at radius 1 is 1.10 bits per heavy atom. The van der Waals surface area contributed by atoms with E-state index in [1.165, 1.54) is 12.1 Å². The summed E-state index contributed by atoms with van der Waals surface area (Å²) in [7, 11) is 0. The molecule has 102 valence electrons. The van der Waals surface area contributed by atoms with E-state index in [0.29, 0.717) is 11.3 Å². The Kier molecular flexibility index (Phi) is 3.65. The zero-order valence-corrected chi connectivity index (χ0v) is 10.3. The van der Waals surface area contributed by atoms with E-state index < -0.39 is 17.7 Å². The summed E-state index contributed by atoms with van der Waals surface area (Å²) >= 11 is 0. The maximum Gasteiger partial charge on any atom is 0.337 e. The number of benzene rings is 2. The van der Waals surface area contributed by atoms with Gasteiger partial charge in [-0.25, -0.2) is 9.18 Å². The van der Waals surface area contributed by atoms with Crippen LogP contribution in [0.15, 0.2) is 42.5 Å². The Bertz CT molecular complexity index is 669. The van der Waals surface area contributed by atoms with Gasteiger partial charge in [-0.05, 0) is 42.5 Å². The lowest BCUT2D eigenvalue weighted by Gasteiger charge is -2.08. The van der Waals surface area contributed by atoms with Crippen LogP contribution in [0, 0.1) is 5.82 Å². The molecule has 2 aromatic rings. The second kappa shape index (κ2) is 5.40. The first kappa shape index (κ1) is 13.5. The van der Waals surface area contributed by atoms with Gasteiger partial charge in [0.25, 0.3) is 5.91 Å². The topological polar surface area (TPSA) is 92.4 Å². The van der Waals surface area contributed by atoms with Gasteiger partial charge in [-0.15, -0.1) is 0 Å². The van der Waals surface area contributed by atoms with E-state index in [9.17, 15) is 14.0 Å². The van der Waals surface area contributed by atoms with E-state index >= 15 is 0 Å². The van der Waals surface area contributed by atoms with Crippen molar-refractivity contribution in [3.63, 3.8) is 0 Å². The maximum absolute atomic E-state index is 13.2. The van der Waals surface area contributed by atoms with Crippen molar-refractivity contribution in [2.24, 2.45) is 0 Å². The molecule has 0 heterocycles. The zero-order valence-electron chi connectivity index (χ0n) is 10.3. The van der Waals surface area contributed by atoms with E-state index in [0.717, 1.165) is 18.2 Å². The first-order valence-electron chi connectivity index (χ1n) is 5.67. The van der Waals surface area contributed by atoms with Gasteiger partial charge in [0.1, 0.15) is 5.82 Å². The van der Waals surface area contributed by atoms with Crippen LogP contribution >= 0.6 is 0 Å². The Morgan fingerprint density at radius 3 is 2.35 bits per heavy atom. The number of carboxylic acids is 1. The molecule has 20 heavy (non-hydrogen) atoms. The molecule has 0 saturated heterocycles. The van der Waals surface area contributed by atoms with Crippen LogP contribution in [0.3, 0.4) is 0 Å². The standard InChI is InChI=1S/C14H11FN2O3/c15-9-3-6-11(14(19)20)12(7-9)17-13(18)8-1-4-10(16)5-2-8/h1-7H,16H2,(H,17,18)(H,19,20). The van der Waals surface area contributed by atoms with Crippen molar-refractivity contribution in [1.29, 1.82) is 0 Å². The highest BCUT2D eigenvalue weighted by Gasteiger charge is 2.14. The van der Waals surface area contributed by atoms with E-state index in [1.807, 2.05) is 0 Å². The number of carbonyl (C=O) groups excluding carboxylic acids is 1. The number of amides is 1. The lowest BCUT2D eigenvalue weighted by molar-refractivity contribution is 0.0698. The highest BCUT2D eigenvalue weighted by atomic mass is 19.1. The molecular weight excluding hydrogens is 263 g/mol. The number of halogens is 1. The third-order valence-electron chi connectivity index (χ3n) is 2.63. The van der Waals surface area contributed by atoms with Crippen molar-refractivity contribution in [3.8, 4) is 0 Å². The normalized spacial score (nSPS) is 10.1. The molecule has 0 aliphatic rings. The average molecular weight is 274 g/mol. The lowest BCUT2D eigenvalue weighted by atomic mass is 10.1. The molecule has 5 nitrogen and oxygen atoms in total. The quantitative estimate of drug-likeness (QED) is 0.749. The third kappa shape index (κ3) is 2.92. The minimum atomic E-state index is -1.25. The number of carbonyl (C=O) groups is 2. The molecule has 0 radical (unpaired) electrons. The lowest BCUT2D eigenvalue weighted by Crippen LogP contribution is -2.15. The van der Waals surface area contributed by atoms with E-state index in [-0.39, 0.29) is 11.3 Å². The number of rotatable bonds is 3. The van der Waals surface area contributed by atoms with Crippen LogP contribution in [0.25, 0.3) is 0 Å². The van der Waals surface area contributed by atoms with Crippen LogP contribution in [-0.4, -0.2) is 17.0 Å². The van der Waals surface area contributed by atoms with Crippen LogP contribution in [0.4, 0.5) is 15.8 Å². The van der Waals surface area contributed by atoms with Gasteiger partial charge in [-0.2, -0.15) is 0 Å². The van der Waals surface area contributed by atoms with Crippen LogP contribution in [-0.2, 0) is 0 Å². The fourth-order valence-corrected chi connectivity index (χ4v) is 1.64. The molecular formula is C14H11FN2O3. The van der Waals surface area contributed by atoms with E-state index in [4.69, 9.17) is 10.8 Å². The van der Waals surface area contributed by atoms with Crippen molar-refractivity contribution in [2.45, 2.75) is 0 Å². The zero-order chi connectivity index (χ0) is 14.7. The van der Waals surface area contributed by atoms with Gasteiger partial charge < -0.3 is 16.2 Å². The fourth-order valence-electron chi connectivity index (χ4n) is 1.64. The van der Waals surface area contributed by atoms with Crippen LogP contribution in [0.1, 0.15) is 20.7 Å². The summed E-state index contributed by atoms with van der Waals surface area (Å²) in [5, 5.41) is 11.4. The molecule has 0 bridgehead atoms. The molecule has 0 spiro atoms. The van der Waals surface area contributed by atoms with Gasteiger partial charge in [-0.3, -0.25) is 4.79 Å². The first-order valence-corrected chi connectivity index (χ1v) is 5.67. The number of carboxylic acid groups (broad SMARTS) is 1. The summed E-state index contributed by atoms with van der Waals surface area (Å²) in [6.07, 6.45) is 0. The SMILES string of the molecule is Nc1ccc(C(=O)Nc2cc(F)ccc2C(=O)O)cc1. The Hall–Kier alpha value is -2.89. The summed E-state index contributed by atoms with van der Waals surface area (Å²) in [4.78, 5) is 22.9. The number of anilines is 2. The maximum atomic E-state index is 13.2. The van der Waals surface area contributed by atoms with E-state index in [2.05, 4.69) is 5.32 Å². The Morgan fingerprint density at radius 2 is 1.75 bits per heavy atom. The van der Waals surface area contributed by atoms with Crippen molar-refractivity contribution < 1.29 is 19.1 Å². The smallest absolute Gasteiger partial charge is 0.337 e. The third-order valence-corrected chi connectivity index (χ3v) is 2.63. The summed E-state index contributed by atoms with van der Waals surface area (Å²) in [6.45, 7) is 0. The minimum Gasteiger partial charge on any atom is -0.478 e. The van der Waals surface area contributed by atoms with Crippen LogP contribution < -0.4 is 11.1 Å². The molecule has 2 aromatic carbocycles. The molecule has 0 saturated carbocycles. The second-order valence-electron chi connectivity index (χ2n) is 4.07. The number of hydrogen-bond acceptors (Lipinski definition) is 3. The van der Waals surface area contributed by atoms with Gasteiger partial charge in [0.05, 0.1) is 11.3 Å². The molecule has 4 N–H and O–H groups in total. The highest BCUT2D eigenvalue weighted by Crippen LogP contribution is 2.18. The summed E-state index contributed by atoms with van der Waals surface area (Å²) in [5.41, 5.74) is 6.01. The summed E-state index contributed by atoms with van der Waals surface area (Å²) in [6, 6.07) is 9.13. The summed E-state index contributed by atoms with van der Waals surface area (Å²) < 4.78 is 13.2. The predicted molar refractivity (Wildman–Crippen MR) is 72.2 cm³/mol. The van der Waals surface area contributed by atoms with Gasteiger partial charge in [-0.1, -0.05) is 0 Å². The Balaban J connectivity index is 2.29. The molecule has 0 aromatic heterocycles. The number of hydrogen-bond donors (Lipinski definition) is 3. The van der Waals surface area contributed by atoms with Gasteiger partial charge >= 0.3 is 5.97 Å². The largest absolute Gasteiger partial charge is 0.478 e. The fraction of sp³-hybridized carbons (Fsp3) is 0. The van der Waals surface area contributed by atoms with Crippen molar-refractivity contribution in [2.75, 3.05) is 11.1 Å². The number of aromatic carboxylic acids is 1. The predicted octanol–water partition coefficient (Wildman–Crippen LogP) is 2.36. The van der Waals surface area contributed by atoms with Crippen molar-refractivity contribution in [1.82, 2.24) is 0 Å². The average Bonchev–Trinajstić information content (AvgIpc) is 2.39. The van der Waals surface area contributed by atoms with Gasteiger partial charge in [0.2, 0.25) is 0 Å². The minimum absolute atomic E-state index is 0.0978. The number of nitrogen functional groups attached to an aromatic ring is 1. The molecule has 2 rings (SSSR count). The number of nitrogens with two attached hydrogens (primary N) is 1.